The number of amides is 1. The van der Waals surface area contributed by atoms with Crippen LogP contribution in [0.1, 0.15) is 59.8 Å². The normalized spacial score (nSPS) is 22.7. The molecule has 2 atom stereocenters. The number of hydrogen-bond donors (Lipinski definition) is 2. The fourth-order valence-electron chi connectivity index (χ4n) is 6.30. The number of nitrogens with zero attached hydrogens (tertiary/aromatic N) is 2. The predicted octanol–water partition coefficient (Wildman–Crippen LogP) is 4.91. The number of hydrogen-bond acceptors (Lipinski definition) is 8. The van der Waals surface area contributed by atoms with E-state index in [2.05, 4.69) is 85.9 Å². The van der Waals surface area contributed by atoms with Crippen LogP contribution in [0.15, 0.2) is 54.9 Å². The summed E-state index contributed by atoms with van der Waals surface area (Å²) < 4.78 is 29.6. The Hall–Kier alpha value is -3.38. The molecular formula is C33H43BN4O6. The summed E-state index contributed by atoms with van der Waals surface area (Å²) in [5.41, 5.74) is 2.91. The molecule has 10 nitrogen and oxygen atoms in total. The largest absolute Gasteiger partial charge is 0.494 e. The topological polar surface area (TPSA) is 107 Å². The van der Waals surface area contributed by atoms with Crippen LogP contribution < -0.4 is 10.8 Å². The summed E-state index contributed by atoms with van der Waals surface area (Å²) in [6.45, 7) is 18.3. The molecule has 0 saturated carbocycles. The molecule has 6 rings (SSSR count). The van der Waals surface area contributed by atoms with E-state index in [1.165, 1.54) is 7.11 Å². The molecule has 0 aliphatic carbocycles. The second-order valence-corrected chi connectivity index (χ2v) is 13.4. The maximum absolute atomic E-state index is 12.2. The van der Waals surface area contributed by atoms with Crippen LogP contribution in [0.5, 0.6) is 0 Å². The first-order chi connectivity index (χ1) is 20.8. The number of fused-ring (bicyclic) bond motifs is 1. The van der Waals surface area contributed by atoms with Gasteiger partial charge in [-0.2, -0.15) is 0 Å². The molecule has 234 valence electrons. The number of aromatic nitrogens is 2. The van der Waals surface area contributed by atoms with E-state index >= 15 is 0 Å². The van der Waals surface area contributed by atoms with Crippen LogP contribution in [0.3, 0.4) is 0 Å². The molecule has 1 aromatic heterocycles. The van der Waals surface area contributed by atoms with Crippen molar-refractivity contribution < 1.29 is 28.3 Å². The minimum Gasteiger partial charge on any atom is -0.453 e. The van der Waals surface area contributed by atoms with E-state index in [0.29, 0.717) is 26.2 Å². The summed E-state index contributed by atoms with van der Waals surface area (Å²) >= 11 is 0. The van der Waals surface area contributed by atoms with Gasteiger partial charge in [-0.3, -0.25) is 0 Å². The van der Waals surface area contributed by atoms with Gasteiger partial charge < -0.3 is 38.7 Å². The van der Waals surface area contributed by atoms with Gasteiger partial charge in [0.15, 0.2) is 5.79 Å². The molecule has 44 heavy (non-hydrogen) atoms. The lowest BCUT2D eigenvalue weighted by molar-refractivity contribution is -0.145. The Bertz CT molecular complexity index is 1550. The molecule has 3 fully saturated rings. The zero-order chi connectivity index (χ0) is 31.4. The van der Waals surface area contributed by atoms with E-state index in [9.17, 15) is 4.79 Å². The first kappa shape index (κ1) is 30.6. The maximum atomic E-state index is 12.2. The fourth-order valence-corrected chi connectivity index (χ4v) is 6.30. The minimum absolute atomic E-state index is 0.0827. The van der Waals surface area contributed by atoms with Crippen molar-refractivity contribution in [2.24, 2.45) is 5.92 Å². The third-order valence-corrected chi connectivity index (χ3v) is 9.57. The summed E-state index contributed by atoms with van der Waals surface area (Å²) in [7, 11) is 0.955. The number of H-pyrrole nitrogens is 1. The van der Waals surface area contributed by atoms with Gasteiger partial charge in [0, 0.05) is 17.7 Å². The Morgan fingerprint density at radius 3 is 2.41 bits per heavy atom. The number of carbonyl (C=O) groups is 1. The quantitative estimate of drug-likeness (QED) is 0.368. The number of imidazole rings is 1. The molecule has 1 spiro atoms. The van der Waals surface area contributed by atoms with Crippen molar-refractivity contribution in [3.8, 4) is 11.3 Å². The first-order valence-electron chi connectivity index (χ1n) is 15.3. The lowest BCUT2D eigenvalue weighted by Crippen LogP contribution is -2.45. The number of methoxy groups -OCH3 is 1. The van der Waals surface area contributed by atoms with E-state index in [1.807, 2.05) is 20.0 Å². The maximum Gasteiger partial charge on any atom is 0.494 e. The number of ether oxygens (including phenoxy) is 3. The number of rotatable bonds is 7. The van der Waals surface area contributed by atoms with Gasteiger partial charge in [-0.05, 0) is 55.9 Å². The van der Waals surface area contributed by atoms with Crippen LogP contribution in [0.25, 0.3) is 22.0 Å². The van der Waals surface area contributed by atoms with Crippen molar-refractivity contribution in [2.75, 3.05) is 26.9 Å². The highest BCUT2D eigenvalue weighted by atomic mass is 16.7. The molecule has 3 saturated heterocycles. The highest BCUT2D eigenvalue weighted by molar-refractivity contribution is 6.62. The Kier molecular flexibility index (Phi) is 7.81. The Morgan fingerprint density at radius 2 is 1.75 bits per heavy atom. The van der Waals surface area contributed by atoms with Gasteiger partial charge in [0.1, 0.15) is 5.82 Å². The second kappa shape index (κ2) is 11.2. The summed E-state index contributed by atoms with van der Waals surface area (Å²) in [5.74, 6) is 0.124. The highest BCUT2D eigenvalue weighted by Crippen LogP contribution is 2.44. The van der Waals surface area contributed by atoms with E-state index in [4.69, 9.17) is 28.5 Å². The summed E-state index contributed by atoms with van der Waals surface area (Å²) in [6, 6.07) is 12.2. The van der Waals surface area contributed by atoms with Crippen molar-refractivity contribution in [3.63, 3.8) is 0 Å². The lowest BCUT2D eigenvalue weighted by Gasteiger charge is -2.34. The van der Waals surface area contributed by atoms with Gasteiger partial charge in [0.25, 0.3) is 0 Å². The van der Waals surface area contributed by atoms with Crippen LogP contribution in [0, 0.1) is 5.92 Å². The SMILES string of the molecule is C=C([C@@H](NC(=O)OC)C(C)C)N1CC2(C[C@H]1c1ncc(-c3ccc4cc(B5OC(C)(C)C(C)(C)O5)ccc4c3)[nH]1)OCCO2. The molecule has 3 aromatic rings. The molecule has 3 aliphatic heterocycles. The van der Waals surface area contributed by atoms with Crippen molar-refractivity contribution >= 4 is 29.4 Å². The Balaban J connectivity index is 1.26. The van der Waals surface area contributed by atoms with Crippen molar-refractivity contribution in [3.05, 3.63) is 60.7 Å². The van der Waals surface area contributed by atoms with Crippen molar-refractivity contribution in [2.45, 2.75) is 77.0 Å². The van der Waals surface area contributed by atoms with Crippen LogP contribution in [0.2, 0.25) is 0 Å². The molecule has 0 bridgehead atoms. The molecule has 2 N–H and O–H groups in total. The summed E-state index contributed by atoms with van der Waals surface area (Å²) in [4.78, 5) is 22.7. The average Bonchev–Trinajstić information content (AvgIpc) is 3.77. The zero-order valence-electron chi connectivity index (χ0n) is 26.7. The van der Waals surface area contributed by atoms with Gasteiger partial charge in [0.05, 0.1) is 62.0 Å². The number of nitrogens with one attached hydrogen (secondary N) is 2. The van der Waals surface area contributed by atoms with Crippen LogP contribution in [-0.2, 0) is 23.5 Å². The fraction of sp³-hybridized carbons (Fsp3) is 0.515. The summed E-state index contributed by atoms with van der Waals surface area (Å²) in [6.07, 6.45) is 1.95. The molecule has 0 unspecified atom stereocenters. The van der Waals surface area contributed by atoms with E-state index in [0.717, 1.165) is 39.0 Å². The predicted molar refractivity (Wildman–Crippen MR) is 169 cm³/mol. The zero-order valence-corrected chi connectivity index (χ0v) is 26.7. The Labute approximate surface area is 259 Å². The Morgan fingerprint density at radius 1 is 1.09 bits per heavy atom. The monoisotopic (exact) mass is 602 g/mol. The van der Waals surface area contributed by atoms with Crippen molar-refractivity contribution in [1.82, 2.24) is 20.2 Å². The first-order valence-corrected chi connectivity index (χ1v) is 15.3. The standard InChI is InChI=1S/C33H43BN4O6/c1-20(2)28(37-30(39)40-8)21(3)38-19-33(41-13-14-42-33)17-27(38)29-35-18-26(36-29)24-10-9-23-16-25(12-11-22(23)15-24)34-43-31(4,5)32(6,7)44-34/h9-12,15-16,18,20,27-28H,3,13-14,17,19H2,1-2,4-8H3,(H,35,36)(H,37,39)/t27-,28-/m0/s1. The number of likely N-dealkylation sites (tertiary alicyclic amines) is 1. The summed E-state index contributed by atoms with van der Waals surface area (Å²) in [5, 5.41) is 5.15. The van der Waals surface area contributed by atoms with Gasteiger partial charge >= 0.3 is 13.2 Å². The van der Waals surface area contributed by atoms with Crippen LogP contribution in [-0.4, -0.2) is 78.0 Å². The van der Waals surface area contributed by atoms with E-state index in [1.54, 1.807) is 0 Å². The van der Waals surface area contributed by atoms with Gasteiger partial charge in [-0.25, -0.2) is 9.78 Å². The smallest absolute Gasteiger partial charge is 0.453 e. The van der Waals surface area contributed by atoms with E-state index in [-0.39, 0.29) is 29.2 Å². The van der Waals surface area contributed by atoms with Crippen LogP contribution in [0.4, 0.5) is 4.79 Å². The average molecular weight is 603 g/mol. The number of benzene rings is 2. The second-order valence-electron chi connectivity index (χ2n) is 13.4. The molecule has 1 amide bonds. The molecule has 11 heteroatoms. The number of carbonyl (C=O) groups excluding carboxylic acids is 1. The minimum atomic E-state index is -0.745. The van der Waals surface area contributed by atoms with Gasteiger partial charge in [-0.1, -0.05) is 50.8 Å². The number of aromatic amines is 1. The lowest BCUT2D eigenvalue weighted by atomic mass is 9.78. The number of alkyl carbamates (subject to hydrolysis) is 1. The third-order valence-electron chi connectivity index (χ3n) is 9.57. The molecule has 3 aliphatic rings. The highest BCUT2D eigenvalue weighted by Gasteiger charge is 2.52. The molecule has 0 radical (unpaired) electrons. The van der Waals surface area contributed by atoms with Crippen molar-refractivity contribution in [1.29, 1.82) is 0 Å². The molecular weight excluding hydrogens is 559 g/mol. The molecule has 4 heterocycles. The van der Waals surface area contributed by atoms with E-state index < -0.39 is 19.0 Å². The van der Waals surface area contributed by atoms with Gasteiger partial charge in [0.2, 0.25) is 0 Å². The van der Waals surface area contributed by atoms with Gasteiger partial charge in [-0.15, -0.1) is 0 Å². The third kappa shape index (κ3) is 5.51. The van der Waals surface area contributed by atoms with Crippen LogP contribution >= 0.6 is 0 Å². The molecule has 2 aromatic carbocycles.